The first-order valence-corrected chi connectivity index (χ1v) is 7.44. The number of aromatic amines is 1. The minimum absolute atomic E-state index is 0.226. The molecule has 0 bridgehead atoms. The Morgan fingerprint density at radius 1 is 1.33 bits per heavy atom. The molecule has 7 heteroatoms. The van der Waals surface area contributed by atoms with Crippen LogP contribution >= 0.6 is 22.6 Å². The van der Waals surface area contributed by atoms with E-state index in [4.69, 9.17) is 0 Å². The highest BCUT2D eigenvalue weighted by atomic mass is 127. The zero-order valence-electron chi connectivity index (χ0n) is 10.9. The van der Waals surface area contributed by atoms with Crippen molar-refractivity contribution in [2.24, 2.45) is 0 Å². The molecule has 1 aromatic heterocycles. The van der Waals surface area contributed by atoms with Gasteiger partial charge in [0.25, 0.3) is 5.91 Å². The minimum atomic E-state index is -1.01. The van der Waals surface area contributed by atoms with Crippen LogP contribution in [0.5, 0.6) is 0 Å². The third-order valence-electron chi connectivity index (χ3n) is 3.54. The van der Waals surface area contributed by atoms with E-state index in [1.165, 1.54) is 11.2 Å². The second kappa shape index (κ2) is 5.47. The van der Waals surface area contributed by atoms with Crippen LogP contribution < -0.4 is 0 Å². The maximum atomic E-state index is 12.6. The molecule has 0 saturated carbocycles. The molecule has 1 unspecified atom stereocenters. The third-order valence-corrected chi connectivity index (χ3v) is 4.26. The first-order chi connectivity index (χ1) is 10.1. The lowest BCUT2D eigenvalue weighted by Crippen LogP contribution is -2.48. The summed E-state index contributed by atoms with van der Waals surface area (Å²) in [7, 11) is 0. The zero-order chi connectivity index (χ0) is 15.0. The lowest BCUT2D eigenvalue weighted by atomic mass is 10.0. The van der Waals surface area contributed by atoms with Crippen LogP contribution in [-0.2, 0) is 17.8 Å². The molecule has 1 atom stereocenters. The smallest absolute Gasteiger partial charge is 0.326 e. The topological polar surface area (TPSA) is 86.3 Å². The summed E-state index contributed by atoms with van der Waals surface area (Å²) in [6.07, 6.45) is 1.76. The standard InChI is InChI=1S/C14H12IN3O3/c15-9-3-1-8(2-4-9)13(19)18-6-11-10(16-7-17-11)5-12(18)14(20)21/h1-4,7,12H,5-6H2,(H,16,17)(H,20,21). The molecule has 0 saturated heterocycles. The number of nitrogens with one attached hydrogen (secondary N) is 1. The number of imidazole rings is 1. The third kappa shape index (κ3) is 2.65. The van der Waals surface area contributed by atoms with E-state index in [0.717, 1.165) is 9.26 Å². The van der Waals surface area contributed by atoms with Crippen molar-refractivity contribution in [2.75, 3.05) is 0 Å². The summed E-state index contributed by atoms with van der Waals surface area (Å²) < 4.78 is 1.02. The molecule has 0 radical (unpaired) electrons. The highest BCUT2D eigenvalue weighted by molar-refractivity contribution is 14.1. The molecule has 21 heavy (non-hydrogen) atoms. The molecule has 1 aliphatic heterocycles. The van der Waals surface area contributed by atoms with Crippen molar-refractivity contribution in [2.45, 2.75) is 19.0 Å². The molecule has 108 valence electrons. The second-order valence-electron chi connectivity index (χ2n) is 4.83. The molecule has 6 nitrogen and oxygen atoms in total. The number of H-pyrrole nitrogens is 1. The first kappa shape index (κ1) is 14.1. The highest BCUT2D eigenvalue weighted by Crippen LogP contribution is 2.23. The van der Waals surface area contributed by atoms with Gasteiger partial charge in [0.1, 0.15) is 6.04 Å². The van der Waals surface area contributed by atoms with Crippen LogP contribution in [0.3, 0.4) is 0 Å². The molecule has 2 N–H and O–H groups in total. The van der Waals surface area contributed by atoms with Gasteiger partial charge in [0.2, 0.25) is 0 Å². The number of carboxylic acid groups (broad SMARTS) is 1. The van der Waals surface area contributed by atoms with E-state index in [1.807, 2.05) is 12.1 Å². The minimum Gasteiger partial charge on any atom is -0.480 e. The number of hydrogen-bond donors (Lipinski definition) is 2. The number of carbonyl (C=O) groups excluding carboxylic acids is 1. The van der Waals surface area contributed by atoms with Gasteiger partial charge >= 0.3 is 5.97 Å². The van der Waals surface area contributed by atoms with Gasteiger partial charge in [0, 0.05) is 15.6 Å². The fraction of sp³-hybridized carbons (Fsp3) is 0.214. The van der Waals surface area contributed by atoms with Crippen molar-refractivity contribution in [3.63, 3.8) is 0 Å². The van der Waals surface area contributed by atoms with Crippen molar-refractivity contribution in [1.29, 1.82) is 0 Å². The van der Waals surface area contributed by atoms with Crippen LogP contribution in [0.15, 0.2) is 30.6 Å². The summed E-state index contributed by atoms with van der Waals surface area (Å²) in [5.41, 5.74) is 2.00. The number of rotatable bonds is 2. The van der Waals surface area contributed by atoms with Crippen LogP contribution in [0.25, 0.3) is 0 Å². The average Bonchev–Trinajstić information content (AvgIpc) is 2.93. The first-order valence-electron chi connectivity index (χ1n) is 6.36. The molecule has 2 heterocycles. The Kier molecular flexibility index (Phi) is 3.66. The number of halogens is 1. The van der Waals surface area contributed by atoms with Gasteiger partial charge in [-0.15, -0.1) is 0 Å². The van der Waals surface area contributed by atoms with E-state index in [1.54, 1.807) is 12.1 Å². The largest absolute Gasteiger partial charge is 0.480 e. The predicted molar refractivity (Wildman–Crippen MR) is 82.7 cm³/mol. The molecular formula is C14H12IN3O3. The van der Waals surface area contributed by atoms with Crippen molar-refractivity contribution < 1.29 is 14.7 Å². The summed E-state index contributed by atoms with van der Waals surface area (Å²) in [4.78, 5) is 32.5. The Labute approximate surface area is 134 Å². The van der Waals surface area contributed by atoms with Crippen LogP contribution in [0.2, 0.25) is 0 Å². The van der Waals surface area contributed by atoms with Crippen molar-refractivity contribution in [3.05, 3.63) is 51.1 Å². The average molecular weight is 397 g/mol. The number of hydrogen-bond acceptors (Lipinski definition) is 3. The number of carbonyl (C=O) groups is 2. The highest BCUT2D eigenvalue weighted by Gasteiger charge is 2.36. The summed E-state index contributed by atoms with van der Waals surface area (Å²) >= 11 is 2.16. The van der Waals surface area contributed by atoms with E-state index in [2.05, 4.69) is 32.6 Å². The molecule has 1 amide bonds. The van der Waals surface area contributed by atoms with Crippen molar-refractivity contribution >= 4 is 34.5 Å². The fourth-order valence-corrected chi connectivity index (χ4v) is 2.79. The van der Waals surface area contributed by atoms with Gasteiger partial charge in [0.15, 0.2) is 0 Å². The lowest BCUT2D eigenvalue weighted by molar-refractivity contribution is -0.142. The molecule has 1 aliphatic rings. The molecule has 0 fully saturated rings. The Morgan fingerprint density at radius 2 is 2.05 bits per heavy atom. The van der Waals surface area contributed by atoms with E-state index in [0.29, 0.717) is 11.3 Å². The Hall–Kier alpha value is -1.90. The maximum absolute atomic E-state index is 12.6. The van der Waals surface area contributed by atoms with Gasteiger partial charge in [-0.1, -0.05) is 0 Å². The number of fused-ring (bicyclic) bond motifs is 1. The quantitative estimate of drug-likeness (QED) is 0.755. The van der Waals surface area contributed by atoms with Gasteiger partial charge in [-0.2, -0.15) is 0 Å². The molecule has 0 spiro atoms. The molecule has 2 aromatic rings. The van der Waals surface area contributed by atoms with Gasteiger partial charge in [-0.3, -0.25) is 4.79 Å². The second-order valence-corrected chi connectivity index (χ2v) is 6.07. The van der Waals surface area contributed by atoms with Crippen molar-refractivity contribution in [1.82, 2.24) is 14.9 Å². The maximum Gasteiger partial charge on any atom is 0.326 e. The molecule has 3 rings (SSSR count). The predicted octanol–water partition coefficient (Wildman–Crippen LogP) is 1.67. The Bertz CT molecular complexity index is 696. The van der Waals surface area contributed by atoms with Crippen LogP contribution in [0.1, 0.15) is 21.7 Å². The van der Waals surface area contributed by atoms with Gasteiger partial charge in [0.05, 0.1) is 24.3 Å². The molecule has 0 aliphatic carbocycles. The van der Waals surface area contributed by atoms with E-state index in [9.17, 15) is 14.7 Å². The number of amides is 1. The van der Waals surface area contributed by atoms with E-state index >= 15 is 0 Å². The fourth-order valence-electron chi connectivity index (χ4n) is 2.43. The number of aliphatic carboxylic acids is 1. The van der Waals surface area contributed by atoms with Crippen molar-refractivity contribution in [3.8, 4) is 0 Å². The van der Waals surface area contributed by atoms with E-state index < -0.39 is 12.0 Å². The summed E-state index contributed by atoms with van der Waals surface area (Å²) in [5.74, 6) is -1.29. The van der Waals surface area contributed by atoms with Gasteiger partial charge in [-0.25, -0.2) is 9.78 Å². The number of benzene rings is 1. The summed E-state index contributed by atoms with van der Waals surface area (Å²) in [6.45, 7) is 0.233. The van der Waals surface area contributed by atoms with Gasteiger partial charge in [-0.05, 0) is 46.9 Å². The van der Waals surface area contributed by atoms with Crippen LogP contribution in [-0.4, -0.2) is 37.9 Å². The summed E-state index contributed by atoms with van der Waals surface area (Å²) in [6, 6.07) is 6.20. The number of carboxylic acids is 1. The lowest BCUT2D eigenvalue weighted by Gasteiger charge is -2.32. The number of nitrogens with zero attached hydrogens (tertiary/aromatic N) is 2. The van der Waals surface area contributed by atoms with Gasteiger partial charge < -0.3 is 15.0 Å². The monoisotopic (exact) mass is 397 g/mol. The Morgan fingerprint density at radius 3 is 2.71 bits per heavy atom. The normalized spacial score (nSPS) is 17.4. The van der Waals surface area contributed by atoms with E-state index in [-0.39, 0.29) is 18.9 Å². The van der Waals surface area contributed by atoms with Crippen LogP contribution in [0, 0.1) is 3.57 Å². The number of aromatic nitrogens is 2. The zero-order valence-corrected chi connectivity index (χ0v) is 13.1. The Balaban J connectivity index is 1.93. The molecule has 1 aromatic carbocycles. The SMILES string of the molecule is O=C(O)C1Cc2nc[nH]c2CN1C(=O)c1ccc(I)cc1. The molecular weight excluding hydrogens is 385 g/mol. The van der Waals surface area contributed by atoms with Crippen LogP contribution in [0.4, 0.5) is 0 Å². The summed E-state index contributed by atoms with van der Waals surface area (Å²) in [5, 5.41) is 9.38.